The zero-order valence-electron chi connectivity index (χ0n) is 11.4. The molecule has 0 bridgehead atoms. The average Bonchev–Trinajstić information content (AvgIpc) is 2.84. The number of hydrogen-bond donors (Lipinski definition) is 2. The monoisotopic (exact) mass is 371 g/mol. The number of guanidine groups is 1. The van der Waals surface area contributed by atoms with Gasteiger partial charge in [0.15, 0.2) is 5.96 Å². The van der Waals surface area contributed by atoms with Crippen LogP contribution in [0.5, 0.6) is 0 Å². The largest absolute Gasteiger partial charge is 0.385 e. The molecule has 2 N–H and O–H groups in total. The standard InChI is InChI=1S/C12H25N3O2.HI/c1-3-13-12(14-7-5-8-16-2)15-10-11-6-4-9-17-11;/h11H,3-10H2,1-2H3,(H2,13,14,15);1H. The number of halogens is 1. The van der Waals surface area contributed by atoms with Gasteiger partial charge >= 0.3 is 0 Å². The first-order valence-corrected chi connectivity index (χ1v) is 6.49. The molecule has 108 valence electrons. The minimum atomic E-state index is 0. The molecule has 0 radical (unpaired) electrons. The fraction of sp³-hybridized carbons (Fsp3) is 0.917. The first kappa shape index (κ1) is 17.9. The predicted molar refractivity (Wildman–Crippen MR) is 84.9 cm³/mol. The van der Waals surface area contributed by atoms with Crippen molar-refractivity contribution in [1.82, 2.24) is 10.6 Å². The van der Waals surface area contributed by atoms with Gasteiger partial charge < -0.3 is 20.1 Å². The molecule has 0 aromatic rings. The lowest BCUT2D eigenvalue weighted by Gasteiger charge is -2.12. The molecule has 1 heterocycles. The van der Waals surface area contributed by atoms with Crippen molar-refractivity contribution in [3.8, 4) is 0 Å². The van der Waals surface area contributed by atoms with Crippen LogP contribution >= 0.6 is 24.0 Å². The van der Waals surface area contributed by atoms with Gasteiger partial charge in [-0.3, -0.25) is 4.99 Å². The second-order valence-electron chi connectivity index (χ2n) is 4.13. The highest BCUT2D eigenvalue weighted by atomic mass is 127. The fourth-order valence-electron chi connectivity index (χ4n) is 1.75. The topological polar surface area (TPSA) is 54.9 Å². The molecular weight excluding hydrogens is 345 g/mol. The first-order chi connectivity index (χ1) is 8.36. The van der Waals surface area contributed by atoms with Gasteiger partial charge in [-0.1, -0.05) is 0 Å². The summed E-state index contributed by atoms with van der Waals surface area (Å²) < 4.78 is 10.5. The number of methoxy groups -OCH3 is 1. The molecule has 0 saturated carbocycles. The summed E-state index contributed by atoms with van der Waals surface area (Å²) >= 11 is 0. The van der Waals surface area contributed by atoms with E-state index in [-0.39, 0.29) is 24.0 Å². The summed E-state index contributed by atoms with van der Waals surface area (Å²) in [5.74, 6) is 0.874. The molecule has 18 heavy (non-hydrogen) atoms. The van der Waals surface area contributed by atoms with E-state index >= 15 is 0 Å². The van der Waals surface area contributed by atoms with Gasteiger partial charge in [0.25, 0.3) is 0 Å². The summed E-state index contributed by atoms with van der Waals surface area (Å²) in [5, 5.41) is 6.51. The van der Waals surface area contributed by atoms with Crippen molar-refractivity contribution in [3.63, 3.8) is 0 Å². The number of ether oxygens (including phenoxy) is 2. The SMILES string of the molecule is CCNC(=NCC1CCCO1)NCCCOC.I. The Morgan fingerprint density at radius 1 is 1.44 bits per heavy atom. The number of aliphatic imine (C=N–C) groups is 1. The van der Waals surface area contributed by atoms with Crippen molar-refractivity contribution in [2.45, 2.75) is 32.3 Å². The van der Waals surface area contributed by atoms with Crippen LogP contribution in [0.2, 0.25) is 0 Å². The van der Waals surface area contributed by atoms with E-state index in [9.17, 15) is 0 Å². The van der Waals surface area contributed by atoms with Gasteiger partial charge in [-0.15, -0.1) is 24.0 Å². The Morgan fingerprint density at radius 2 is 2.28 bits per heavy atom. The quantitative estimate of drug-likeness (QED) is 0.307. The molecule has 5 nitrogen and oxygen atoms in total. The summed E-state index contributed by atoms with van der Waals surface area (Å²) in [6.07, 6.45) is 3.59. The van der Waals surface area contributed by atoms with Crippen LogP contribution in [0.15, 0.2) is 4.99 Å². The van der Waals surface area contributed by atoms with Crippen LogP contribution in [0.25, 0.3) is 0 Å². The van der Waals surface area contributed by atoms with Crippen LogP contribution < -0.4 is 10.6 Å². The van der Waals surface area contributed by atoms with Crippen molar-refractivity contribution < 1.29 is 9.47 Å². The van der Waals surface area contributed by atoms with Gasteiger partial charge in [-0.25, -0.2) is 0 Å². The summed E-state index contributed by atoms with van der Waals surface area (Å²) in [6, 6.07) is 0. The number of nitrogens with one attached hydrogen (secondary N) is 2. The number of rotatable bonds is 7. The maximum absolute atomic E-state index is 5.54. The normalized spacial score (nSPS) is 19.4. The van der Waals surface area contributed by atoms with Crippen LogP contribution in [-0.4, -0.2) is 52.0 Å². The molecule has 1 aliphatic rings. The molecule has 0 aliphatic carbocycles. The zero-order valence-corrected chi connectivity index (χ0v) is 13.7. The van der Waals surface area contributed by atoms with E-state index in [1.165, 1.54) is 0 Å². The van der Waals surface area contributed by atoms with Gasteiger partial charge in [0.2, 0.25) is 0 Å². The second-order valence-corrected chi connectivity index (χ2v) is 4.13. The van der Waals surface area contributed by atoms with E-state index in [1.54, 1.807) is 7.11 Å². The van der Waals surface area contributed by atoms with Gasteiger partial charge in [0, 0.05) is 33.4 Å². The molecule has 0 aromatic carbocycles. The van der Waals surface area contributed by atoms with E-state index in [0.29, 0.717) is 6.10 Å². The van der Waals surface area contributed by atoms with Gasteiger partial charge in [0.1, 0.15) is 0 Å². The smallest absolute Gasteiger partial charge is 0.191 e. The zero-order chi connectivity index (χ0) is 12.3. The molecule has 1 rings (SSSR count). The van der Waals surface area contributed by atoms with Crippen LogP contribution in [0.4, 0.5) is 0 Å². The fourth-order valence-corrected chi connectivity index (χ4v) is 1.75. The Balaban J connectivity index is 0.00000289. The Bertz CT molecular complexity index is 221. The highest BCUT2D eigenvalue weighted by Gasteiger charge is 2.14. The maximum Gasteiger partial charge on any atom is 0.191 e. The molecular formula is C12H26IN3O2. The molecule has 0 amide bonds. The third-order valence-electron chi connectivity index (χ3n) is 2.64. The maximum atomic E-state index is 5.54. The third-order valence-corrected chi connectivity index (χ3v) is 2.64. The number of nitrogens with zero attached hydrogens (tertiary/aromatic N) is 1. The second kappa shape index (κ2) is 12.0. The lowest BCUT2D eigenvalue weighted by molar-refractivity contribution is 0.117. The highest BCUT2D eigenvalue weighted by Crippen LogP contribution is 2.11. The number of hydrogen-bond acceptors (Lipinski definition) is 3. The van der Waals surface area contributed by atoms with Crippen LogP contribution in [0.3, 0.4) is 0 Å². The highest BCUT2D eigenvalue weighted by molar-refractivity contribution is 14.0. The lowest BCUT2D eigenvalue weighted by Crippen LogP contribution is -2.38. The Kier molecular flexibility index (Phi) is 11.9. The first-order valence-electron chi connectivity index (χ1n) is 6.49. The third kappa shape index (κ3) is 8.10. The molecule has 0 aromatic heterocycles. The van der Waals surface area contributed by atoms with Crippen LogP contribution in [0, 0.1) is 0 Å². The minimum Gasteiger partial charge on any atom is -0.385 e. The Morgan fingerprint density at radius 3 is 2.89 bits per heavy atom. The molecule has 0 spiro atoms. The van der Waals surface area contributed by atoms with E-state index in [4.69, 9.17) is 9.47 Å². The van der Waals surface area contributed by atoms with Gasteiger partial charge in [-0.2, -0.15) is 0 Å². The summed E-state index contributed by atoms with van der Waals surface area (Å²) in [7, 11) is 1.72. The van der Waals surface area contributed by atoms with E-state index in [0.717, 1.165) is 58.1 Å². The van der Waals surface area contributed by atoms with Crippen molar-refractivity contribution in [3.05, 3.63) is 0 Å². The van der Waals surface area contributed by atoms with Crippen molar-refractivity contribution >= 4 is 29.9 Å². The van der Waals surface area contributed by atoms with E-state index < -0.39 is 0 Å². The summed E-state index contributed by atoms with van der Waals surface area (Å²) in [4.78, 5) is 4.52. The Hall–Kier alpha value is -0.0800. The van der Waals surface area contributed by atoms with Crippen molar-refractivity contribution in [2.75, 3.05) is 40.0 Å². The molecule has 1 unspecified atom stereocenters. The van der Waals surface area contributed by atoms with E-state index in [2.05, 4.69) is 22.5 Å². The molecule has 6 heteroatoms. The summed E-state index contributed by atoms with van der Waals surface area (Å²) in [5.41, 5.74) is 0. The molecule has 1 atom stereocenters. The molecule has 1 fully saturated rings. The van der Waals surface area contributed by atoms with E-state index in [1.807, 2.05) is 0 Å². The Labute approximate surface area is 127 Å². The van der Waals surface area contributed by atoms with Crippen LogP contribution in [0.1, 0.15) is 26.2 Å². The molecule has 1 aliphatic heterocycles. The van der Waals surface area contributed by atoms with Gasteiger partial charge in [-0.05, 0) is 26.2 Å². The summed E-state index contributed by atoms with van der Waals surface area (Å²) in [6.45, 7) is 6.24. The van der Waals surface area contributed by atoms with Crippen LogP contribution in [-0.2, 0) is 9.47 Å². The minimum absolute atomic E-state index is 0. The van der Waals surface area contributed by atoms with Gasteiger partial charge in [0.05, 0.1) is 12.6 Å². The molecule has 1 saturated heterocycles. The average molecular weight is 371 g/mol. The van der Waals surface area contributed by atoms with Crippen molar-refractivity contribution in [2.24, 2.45) is 4.99 Å². The predicted octanol–water partition coefficient (Wildman–Crippen LogP) is 1.37. The lowest BCUT2D eigenvalue weighted by atomic mass is 10.2. The van der Waals surface area contributed by atoms with Crippen molar-refractivity contribution in [1.29, 1.82) is 0 Å².